The molecule has 0 fully saturated rings. The van der Waals surface area contributed by atoms with Crippen molar-refractivity contribution in [3.63, 3.8) is 0 Å². The number of benzene rings is 2. The quantitative estimate of drug-likeness (QED) is 0.772. The Morgan fingerprint density at radius 1 is 1.08 bits per heavy atom. The van der Waals surface area contributed by atoms with Crippen molar-refractivity contribution in [1.29, 1.82) is 0 Å². The number of carbonyl (C=O) groups excluding carboxylic acids is 2. The Balaban J connectivity index is 2.00. The van der Waals surface area contributed by atoms with Crippen LogP contribution in [0.5, 0.6) is 11.5 Å². The van der Waals surface area contributed by atoms with Crippen LogP contribution in [-0.2, 0) is 4.79 Å². The highest BCUT2D eigenvalue weighted by Crippen LogP contribution is 2.24. The third-order valence-electron chi connectivity index (χ3n) is 3.52. The fourth-order valence-corrected chi connectivity index (χ4v) is 2.68. The van der Waals surface area contributed by atoms with Crippen molar-refractivity contribution in [2.45, 2.75) is 6.92 Å². The minimum Gasteiger partial charge on any atom is -0.497 e. The number of aryl methyl sites for hydroxylation is 1. The Morgan fingerprint density at radius 2 is 1.84 bits per heavy atom. The molecule has 0 radical (unpaired) electrons. The second kappa shape index (κ2) is 8.53. The molecular weight excluding hydrogens is 388 g/mol. The van der Waals surface area contributed by atoms with Gasteiger partial charge in [0.15, 0.2) is 0 Å². The molecule has 0 aliphatic heterocycles. The van der Waals surface area contributed by atoms with Gasteiger partial charge >= 0.3 is 0 Å². The summed E-state index contributed by atoms with van der Waals surface area (Å²) in [4.78, 5) is 24.4. The number of nitrogens with one attached hydrogen (secondary N) is 2. The molecule has 0 bridgehead atoms. The van der Waals surface area contributed by atoms with Crippen LogP contribution in [0, 0.1) is 6.92 Å². The van der Waals surface area contributed by atoms with Gasteiger partial charge in [-0.25, -0.2) is 0 Å². The number of halogens is 1. The molecule has 0 unspecified atom stereocenters. The summed E-state index contributed by atoms with van der Waals surface area (Å²) in [6.07, 6.45) is 0. The molecule has 0 aliphatic carbocycles. The first kappa shape index (κ1) is 18.8. The van der Waals surface area contributed by atoms with Gasteiger partial charge in [0.2, 0.25) is 5.91 Å². The summed E-state index contributed by atoms with van der Waals surface area (Å²) in [6, 6.07) is 10.4. The summed E-state index contributed by atoms with van der Waals surface area (Å²) in [6.45, 7) is 1.73. The molecule has 2 aromatic carbocycles. The monoisotopic (exact) mass is 406 g/mol. The van der Waals surface area contributed by atoms with Crippen LogP contribution in [0.2, 0.25) is 0 Å². The lowest BCUT2D eigenvalue weighted by Gasteiger charge is -2.12. The van der Waals surface area contributed by atoms with Crippen LogP contribution in [0.25, 0.3) is 0 Å². The number of amides is 2. The van der Waals surface area contributed by atoms with Gasteiger partial charge < -0.3 is 20.1 Å². The van der Waals surface area contributed by atoms with Gasteiger partial charge in [0.05, 0.1) is 26.3 Å². The Morgan fingerprint density at radius 3 is 2.48 bits per heavy atom. The Kier molecular flexibility index (Phi) is 6.41. The summed E-state index contributed by atoms with van der Waals surface area (Å²) in [5.74, 6) is 0.197. The first-order chi connectivity index (χ1) is 11.9. The van der Waals surface area contributed by atoms with Gasteiger partial charge in [-0.2, -0.15) is 0 Å². The second-order valence-electron chi connectivity index (χ2n) is 5.26. The summed E-state index contributed by atoms with van der Waals surface area (Å²) >= 11 is 3.37. The van der Waals surface area contributed by atoms with E-state index in [1.165, 1.54) is 14.2 Å². The number of hydrogen-bond donors (Lipinski definition) is 2. The van der Waals surface area contributed by atoms with Gasteiger partial charge in [0.25, 0.3) is 5.91 Å². The van der Waals surface area contributed by atoms with Crippen LogP contribution >= 0.6 is 15.9 Å². The zero-order chi connectivity index (χ0) is 18.4. The molecular formula is C18H19BrN2O4. The van der Waals surface area contributed by atoms with Crippen molar-refractivity contribution in [3.8, 4) is 11.5 Å². The molecule has 7 heteroatoms. The number of methoxy groups -OCH3 is 2. The lowest BCUT2D eigenvalue weighted by Crippen LogP contribution is -2.33. The number of hydrogen-bond acceptors (Lipinski definition) is 4. The summed E-state index contributed by atoms with van der Waals surface area (Å²) in [7, 11) is 2.99. The molecule has 2 aromatic rings. The first-order valence-electron chi connectivity index (χ1n) is 7.51. The molecule has 0 aromatic heterocycles. The second-order valence-corrected chi connectivity index (χ2v) is 6.17. The number of ether oxygens (including phenoxy) is 2. The fraction of sp³-hybridized carbons (Fsp3) is 0.222. The molecule has 0 heterocycles. The van der Waals surface area contributed by atoms with Crippen molar-refractivity contribution in [3.05, 3.63) is 52.0 Å². The van der Waals surface area contributed by atoms with E-state index in [1.54, 1.807) is 24.3 Å². The van der Waals surface area contributed by atoms with Crippen molar-refractivity contribution in [1.82, 2.24) is 5.32 Å². The minimum atomic E-state index is -0.418. The standard InChI is InChI=1S/C18H19BrN2O4/c1-11-8-12(19)4-6-15(11)21-17(22)10-20-18(23)14-9-13(24-2)5-7-16(14)25-3/h4-9H,10H2,1-3H3,(H,20,23)(H,21,22). The highest BCUT2D eigenvalue weighted by Gasteiger charge is 2.15. The maximum atomic E-state index is 12.3. The SMILES string of the molecule is COc1ccc(OC)c(C(=O)NCC(=O)Nc2ccc(Br)cc2C)c1. The van der Waals surface area contributed by atoms with Gasteiger partial charge in [-0.1, -0.05) is 15.9 Å². The Hall–Kier alpha value is -2.54. The molecule has 132 valence electrons. The van der Waals surface area contributed by atoms with Crippen molar-refractivity contribution in [2.75, 3.05) is 26.1 Å². The predicted octanol–water partition coefficient (Wildman–Crippen LogP) is 3.14. The molecule has 0 saturated heterocycles. The van der Waals surface area contributed by atoms with Gasteiger partial charge in [-0.3, -0.25) is 9.59 Å². The normalized spacial score (nSPS) is 10.1. The molecule has 0 spiro atoms. The maximum absolute atomic E-state index is 12.3. The van der Waals surface area contributed by atoms with E-state index in [9.17, 15) is 9.59 Å². The Bertz CT molecular complexity index is 793. The van der Waals surface area contributed by atoms with Crippen LogP contribution in [0.4, 0.5) is 5.69 Å². The van der Waals surface area contributed by atoms with E-state index in [2.05, 4.69) is 26.6 Å². The summed E-state index contributed by atoms with van der Waals surface area (Å²) < 4.78 is 11.2. The van der Waals surface area contributed by atoms with E-state index >= 15 is 0 Å². The van der Waals surface area contributed by atoms with E-state index < -0.39 is 5.91 Å². The molecule has 6 nitrogen and oxygen atoms in total. The molecule has 2 N–H and O–H groups in total. The van der Waals surface area contributed by atoms with Crippen LogP contribution in [0.1, 0.15) is 15.9 Å². The van der Waals surface area contributed by atoms with Crippen LogP contribution in [0.15, 0.2) is 40.9 Å². The van der Waals surface area contributed by atoms with Gasteiger partial charge in [-0.05, 0) is 48.9 Å². The number of anilines is 1. The third kappa shape index (κ3) is 4.96. The topological polar surface area (TPSA) is 76.7 Å². The fourth-order valence-electron chi connectivity index (χ4n) is 2.21. The van der Waals surface area contributed by atoms with Gasteiger partial charge in [0, 0.05) is 10.2 Å². The zero-order valence-corrected chi connectivity index (χ0v) is 15.8. The van der Waals surface area contributed by atoms with Crippen LogP contribution in [0.3, 0.4) is 0 Å². The largest absolute Gasteiger partial charge is 0.497 e. The van der Waals surface area contributed by atoms with Crippen LogP contribution in [-0.4, -0.2) is 32.6 Å². The lowest BCUT2D eigenvalue weighted by atomic mass is 10.1. The average Bonchev–Trinajstić information content (AvgIpc) is 2.61. The molecule has 0 atom stereocenters. The predicted molar refractivity (Wildman–Crippen MR) is 99.4 cm³/mol. The smallest absolute Gasteiger partial charge is 0.255 e. The molecule has 2 rings (SSSR count). The summed E-state index contributed by atoms with van der Waals surface area (Å²) in [5, 5.41) is 5.35. The average molecular weight is 407 g/mol. The molecule has 0 saturated carbocycles. The maximum Gasteiger partial charge on any atom is 0.255 e. The lowest BCUT2D eigenvalue weighted by molar-refractivity contribution is -0.115. The zero-order valence-electron chi connectivity index (χ0n) is 14.2. The van der Waals surface area contributed by atoms with Crippen molar-refractivity contribution >= 4 is 33.4 Å². The van der Waals surface area contributed by atoms with E-state index in [0.717, 1.165) is 10.0 Å². The molecule has 2 amide bonds. The first-order valence-corrected chi connectivity index (χ1v) is 8.30. The molecule has 25 heavy (non-hydrogen) atoms. The van der Waals surface area contributed by atoms with Crippen molar-refractivity contribution < 1.29 is 19.1 Å². The van der Waals surface area contributed by atoms with Crippen LogP contribution < -0.4 is 20.1 Å². The van der Waals surface area contributed by atoms with E-state index in [0.29, 0.717) is 22.7 Å². The number of carbonyl (C=O) groups is 2. The van der Waals surface area contributed by atoms with Gasteiger partial charge in [0.1, 0.15) is 11.5 Å². The highest BCUT2D eigenvalue weighted by atomic mass is 79.9. The van der Waals surface area contributed by atoms with E-state index in [1.807, 2.05) is 19.1 Å². The Labute approximate surface area is 154 Å². The minimum absolute atomic E-state index is 0.158. The highest BCUT2D eigenvalue weighted by molar-refractivity contribution is 9.10. The van der Waals surface area contributed by atoms with E-state index in [-0.39, 0.29) is 12.5 Å². The molecule has 0 aliphatic rings. The van der Waals surface area contributed by atoms with Crippen molar-refractivity contribution in [2.24, 2.45) is 0 Å². The summed E-state index contributed by atoms with van der Waals surface area (Å²) in [5.41, 5.74) is 1.92. The number of rotatable bonds is 6. The third-order valence-corrected chi connectivity index (χ3v) is 4.02. The van der Waals surface area contributed by atoms with E-state index in [4.69, 9.17) is 9.47 Å². The van der Waals surface area contributed by atoms with Gasteiger partial charge in [-0.15, -0.1) is 0 Å².